The Morgan fingerprint density at radius 3 is 2.38 bits per heavy atom. The van der Waals surface area contributed by atoms with Crippen LogP contribution < -0.4 is 10.6 Å². The number of aryl methyl sites for hydroxylation is 2. The van der Waals surface area contributed by atoms with Crippen molar-refractivity contribution in [1.29, 1.82) is 0 Å². The zero-order valence-corrected chi connectivity index (χ0v) is 12.0. The highest BCUT2D eigenvalue weighted by Gasteiger charge is 2.10. The molecule has 0 unspecified atom stereocenters. The lowest BCUT2D eigenvalue weighted by molar-refractivity contribution is -0.115. The molecule has 21 heavy (non-hydrogen) atoms. The van der Waals surface area contributed by atoms with E-state index in [0.717, 1.165) is 16.8 Å². The number of nitrogens with one attached hydrogen (secondary N) is 2. The van der Waals surface area contributed by atoms with Gasteiger partial charge in [0.25, 0.3) is 5.91 Å². The highest BCUT2D eigenvalue weighted by Crippen LogP contribution is 2.18. The summed E-state index contributed by atoms with van der Waals surface area (Å²) in [5.74, 6) is -0.635. The van der Waals surface area contributed by atoms with Gasteiger partial charge in [0.2, 0.25) is 5.91 Å². The number of carbonyl (C=O) groups is 2. The molecule has 0 spiro atoms. The standard InChI is InChI=1S/C16H17N3O2/c1-11-6-5-7-12(2)15(11)19-14(20)10-18-16(21)13-8-3-4-9-17-13/h3-9H,10H2,1-2H3,(H,18,21)(H,19,20). The number of nitrogens with zero attached hydrogens (tertiary/aromatic N) is 1. The molecule has 1 heterocycles. The molecule has 5 nitrogen and oxygen atoms in total. The quantitative estimate of drug-likeness (QED) is 0.902. The first kappa shape index (κ1) is 14.7. The number of para-hydroxylation sites is 1. The molecule has 0 aliphatic rings. The summed E-state index contributed by atoms with van der Waals surface area (Å²) < 4.78 is 0. The highest BCUT2D eigenvalue weighted by molar-refractivity contribution is 5.98. The molecule has 0 saturated heterocycles. The van der Waals surface area contributed by atoms with Crippen LogP contribution in [-0.4, -0.2) is 23.3 Å². The molecule has 0 saturated carbocycles. The number of hydrogen-bond donors (Lipinski definition) is 2. The van der Waals surface area contributed by atoms with Crippen molar-refractivity contribution < 1.29 is 9.59 Å². The minimum atomic E-state index is -0.368. The monoisotopic (exact) mass is 283 g/mol. The summed E-state index contributed by atoms with van der Waals surface area (Å²) in [6.07, 6.45) is 1.53. The molecular weight excluding hydrogens is 266 g/mol. The smallest absolute Gasteiger partial charge is 0.270 e. The normalized spacial score (nSPS) is 10.0. The summed E-state index contributed by atoms with van der Waals surface area (Å²) in [7, 11) is 0. The number of aromatic nitrogens is 1. The van der Waals surface area contributed by atoms with Crippen molar-refractivity contribution in [3.05, 3.63) is 59.4 Å². The zero-order valence-electron chi connectivity index (χ0n) is 12.0. The fourth-order valence-corrected chi connectivity index (χ4v) is 1.94. The molecular formula is C16H17N3O2. The van der Waals surface area contributed by atoms with Gasteiger partial charge in [0.15, 0.2) is 0 Å². The summed E-state index contributed by atoms with van der Waals surface area (Å²) in [5, 5.41) is 5.36. The van der Waals surface area contributed by atoms with Crippen LogP contribution in [0.25, 0.3) is 0 Å². The third kappa shape index (κ3) is 3.89. The van der Waals surface area contributed by atoms with E-state index in [9.17, 15) is 9.59 Å². The minimum Gasteiger partial charge on any atom is -0.342 e. The van der Waals surface area contributed by atoms with Crippen LogP contribution in [0.5, 0.6) is 0 Å². The topological polar surface area (TPSA) is 71.1 Å². The lowest BCUT2D eigenvalue weighted by Crippen LogP contribution is -2.33. The largest absolute Gasteiger partial charge is 0.342 e. The Balaban J connectivity index is 1.92. The molecule has 0 bridgehead atoms. The first-order valence-electron chi connectivity index (χ1n) is 6.63. The van der Waals surface area contributed by atoms with Crippen molar-refractivity contribution in [2.45, 2.75) is 13.8 Å². The summed E-state index contributed by atoms with van der Waals surface area (Å²) in [4.78, 5) is 27.6. The van der Waals surface area contributed by atoms with Crippen LogP contribution in [0.4, 0.5) is 5.69 Å². The summed E-state index contributed by atoms with van der Waals surface area (Å²) in [6, 6.07) is 10.8. The maximum atomic E-state index is 11.9. The molecule has 0 radical (unpaired) electrons. The van der Waals surface area contributed by atoms with E-state index in [2.05, 4.69) is 15.6 Å². The van der Waals surface area contributed by atoms with Crippen molar-refractivity contribution in [1.82, 2.24) is 10.3 Å². The minimum absolute atomic E-state index is 0.0941. The summed E-state index contributed by atoms with van der Waals surface area (Å²) in [5.41, 5.74) is 3.05. The first-order valence-corrected chi connectivity index (χ1v) is 6.63. The van der Waals surface area contributed by atoms with Crippen LogP contribution >= 0.6 is 0 Å². The predicted octanol–water partition coefficient (Wildman–Crippen LogP) is 2.07. The molecule has 1 aromatic carbocycles. The van der Waals surface area contributed by atoms with Crippen molar-refractivity contribution in [2.75, 3.05) is 11.9 Å². The third-order valence-electron chi connectivity index (χ3n) is 3.05. The Kier molecular flexibility index (Phi) is 4.66. The molecule has 0 atom stereocenters. The van der Waals surface area contributed by atoms with E-state index in [1.165, 1.54) is 6.20 Å². The number of pyridine rings is 1. The second-order valence-corrected chi connectivity index (χ2v) is 4.71. The van der Waals surface area contributed by atoms with Gasteiger partial charge in [-0.3, -0.25) is 14.6 Å². The van der Waals surface area contributed by atoms with Crippen molar-refractivity contribution in [3.8, 4) is 0 Å². The predicted molar refractivity (Wildman–Crippen MR) is 81.1 cm³/mol. The Labute approximate surface area is 123 Å². The molecule has 0 fully saturated rings. The molecule has 2 N–H and O–H groups in total. The molecule has 0 aliphatic carbocycles. The number of amides is 2. The first-order chi connectivity index (χ1) is 10.1. The SMILES string of the molecule is Cc1cccc(C)c1NC(=O)CNC(=O)c1ccccn1. The van der Waals surface area contributed by atoms with Gasteiger partial charge < -0.3 is 10.6 Å². The van der Waals surface area contributed by atoms with Gasteiger partial charge in [-0.15, -0.1) is 0 Å². The number of carbonyl (C=O) groups excluding carboxylic acids is 2. The third-order valence-corrected chi connectivity index (χ3v) is 3.05. The van der Waals surface area contributed by atoms with Crippen molar-refractivity contribution in [3.63, 3.8) is 0 Å². The van der Waals surface area contributed by atoms with E-state index in [4.69, 9.17) is 0 Å². The maximum absolute atomic E-state index is 11.9. The molecule has 2 aromatic rings. The van der Waals surface area contributed by atoms with Gasteiger partial charge in [-0.2, -0.15) is 0 Å². The van der Waals surface area contributed by atoms with Crippen molar-refractivity contribution in [2.24, 2.45) is 0 Å². The number of benzene rings is 1. The molecule has 1 aromatic heterocycles. The van der Waals surface area contributed by atoms with E-state index in [-0.39, 0.29) is 24.1 Å². The Morgan fingerprint density at radius 2 is 1.76 bits per heavy atom. The van der Waals surface area contributed by atoms with E-state index in [1.807, 2.05) is 32.0 Å². The van der Waals surface area contributed by atoms with E-state index in [1.54, 1.807) is 18.2 Å². The lowest BCUT2D eigenvalue weighted by Gasteiger charge is -2.11. The van der Waals surface area contributed by atoms with E-state index in [0.29, 0.717) is 0 Å². The van der Waals surface area contributed by atoms with Gasteiger partial charge in [0.1, 0.15) is 5.69 Å². The van der Waals surface area contributed by atoms with Gasteiger partial charge in [-0.25, -0.2) is 0 Å². The van der Waals surface area contributed by atoms with Gasteiger partial charge in [-0.1, -0.05) is 24.3 Å². The van der Waals surface area contributed by atoms with Crippen LogP contribution in [0.15, 0.2) is 42.6 Å². The van der Waals surface area contributed by atoms with Crippen LogP contribution in [0, 0.1) is 13.8 Å². The maximum Gasteiger partial charge on any atom is 0.270 e. The summed E-state index contributed by atoms with van der Waals surface area (Å²) >= 11 is 0. The van der Waals surface area contributed by atoms with Crippen LogP contribution in [0.2, 0.25) is 0 Å². The van der Waals surface area contributed by atoms with Gasteiger partial charge in [-0.05, 0) is 37.1 Å². The number of anilines is 1. The zero-order chi connectivity index (χ0) is 15.2. The lowest BCUT2D eigenvalue weighted by atomic mass is 10.1. The van der Waals surface area contributed by atoms with E-state index < -0.39 is 0 Å². The number of hydrogen-bond acceptors (Lipinski definition) is 3. The molecule has 108 valence electrons. The highest BCUT2D eigenvalue weighted by atomic mass is 16.2. The van der Waals surface area contributed by atoms with Crippen molar-refractivity contribution >= 4 is 17.5 Å². The molecule has 2 amide bonds. The van der Waals surface area contributed by atoms with Crippen LogP contribution in [0.1, 0.15) is 21.6 Å². The van der Waals surface area contributed by atoms with Crippen LogP contribution in [-0.2, 0) is 4.79 Å². The molecule has 0 aliphatic heterocycles. The second-order valence-electron chi connectivity index (χ2n) is 4.71. The fourth-order valence-electron chi connectivity index (χ4n) is 1.94. The average molecular weight is 283 g/mol. The average Bonchev–Trinajstić information content (AvgIpc) is 2.49. The Morgan fingerprint density at radius 1 is 1.05 bits per heavy atom. The summed E-state index contributed by atoms with van der Waals surface area (Å²) in [6.45, 7) is 3.76. The van der Waals surface area contributed by atoms with Gasteiger partial charge >= 0.3 is 0 Å². The van der Waals surface area contributed by atoms with Gasteiger partial charge in [0, 0.05) is 11.9 Å². The van der Waals surface area contributed by atoms with E-state index >= 15 is 0 Å². The number of rotatable bonds is 4. The molecule has 2 rings (SSSR count). The molecule has 5 heteroatoms. The fraction of sp³-hybridized carbons (Fsp3) is 0.188. The van der Waals surface area contributed by atoms with Crippen LogP contribution in [0.3, 0.4) is 0 Å². The second kappa shape index (κ2) is 6.65. The Bertz CT molecular complexity index is 634. The van der Waals surface area contributed by atoms with Gasteiger partial charge in [0.05, 0.1) is 6.54 Å². The Hall–Kier alpha value is -2.69.